The highest BCUT2D eigenvalue weighted by Gasteiger charge is 2.50. The summed E-state index contributed by atoms with van der Waals surface area (Å²) in [5, 5.41) is 2.39. The summed E-state index contributed by atoms with van der Waals surface area (Å²) < 4.78 is 46.2. The number of halogens is 3. The van der Waals surface area contributed by atoms with E-state index in [0.29, 0.717) is 0 Å². The lowest BCUT2D eigenvalue weighted by molar-refractivity contribution is -0.138. The SMILES string of the molecule is CNC(=O)CN1C(=O)c2c(cccc2C(F)(F)F)C2CN(C(=O)OC(C)(C)C)CC21. The number of ether oxygens (including phenoxy) is 1. The van der Waals surface area contributed by atoms with Crippen LogP contribution >= 0.6 is 0 Å². The molecule has 0 aliphatic carbocycles. The van der Waals surface area contributed by atoms with Crippen molar-refractivity contribution in [3.8, 4) is 0 Å². The van der Waals surface area contributed by atoms with Gasteiger partial charge in [0.1, 0.15) is 12.1 Å². The van der Waals surface area contributed by atoms with Gasteiger partial charge in [0.05, 0.1) is 17.2 Å². The van der Waals surface area contributed by atoms with Crippen LogP contribution in [0.1, 0.15) is 48.2 Å². The van der Waals surface area contributed by atoms with Gasteiger partial charge < -0.3 is 19.9 Å². The maximum Gasteiger partial charge on any atom is 0.417 e. The van der Waals surface area contributed by atoms with E-state index in [-0.39, 0.29) is 18.7 Å². The van der Waals surface area contributed by atoms with E-state index in [1.54, 1.807) is 20.8 Å². The molecule has 1 saturated heterocycles. The lowest BCUT2D eigenvalue weighted by Gasteiger charge is -2.38. The molecule has 0 radical (unpaired) electrons. The van der Waals surface area contributed by atoms with Crippen LogP contribution in [0.5, 0.6) is 0 Å². The first-order valence-corrected chi connectivity index (χ1v) is 9.53. The number of benzene rings is 1. The number of hydrogen-bond donors (Lipinski definition) is 1. The van der Waals surface area contributed by atoms with E-state index in [1.807, 2.05) is 0 Å². The molecule has 30 heavy (non-hydrogen) atoms. The van der Waals surface area contributed by atoms with Gasteiger partial charge in [0.15, 0.2) is 0 Å². The van der Waals surface area contributed by atoms with Crippen molar-refractivity contribution in [2.24, 2.45) is 0 Å². The second kappa shape index (κ2) is 7.48. The zero-order valence-corrected chi connectivity index (χ0v) is 17.2. The number of alkyl halides is 3. The maximum atomic E-state index is 13.6. The molecule has 0 aromatic heterocycles. The summed E-state index contributed by atoms with van der Waals surface area (Å²) in [5.41, 5.74) is -2.01. The van der Waals surface area contributed by atoms with Gasteiger partial charge in [-0.2, -0.15) is 13.2 Å². The van der Waals surface area contributed by atoms with Crippen molar-refractivity contribution in [1.29, 1.82) is 0 Å². The molecule has 2 aliphatic heterocycles. The average Bonchev–Trinajstić information content (AvgIpc) is 3.08. The van der Waals surface area contributed by atoms with E-state index in [1.165, 1.54) is 24.1 Å². The van der Waals surface area contributed by atoms with Gasteiger partial charge in [-0.3, -0.25) is 9.59 Å². The molecular weight excluding hydrogens is 403 g/mol. The van der Waals surface area contributed by atoms with Gasteiger partial charge in [-0.05, 0) is 32.4 Å². The van der Waals surface area contributed by atoms with Gasteiger partial charge in [0, 0.05) is 26.1 Å². The van der Waals surface area contributed by atoms with Gasteiger partial charge in [0.2, 0.25) is 5.91 Å². The average molecular weight is 427 g/mol. The van der Waals surface area contributed by atoms with Crippen LogP contribution in [0.15, 0.2) is 18.2 Å². The molecule has 164 valence electrons. The number of likely N-dealkylation sites (tertiary alicyclic amines) is 1. The summed E-state index contributed by atoms with van der Waals surface area (Å²) in [6, 6.07) is 2.97. The normalized spacial score (nSPS) is 21.2. The van der Waals surface area contributed by atoms with E-state index in [0.717, 1.165) is 11.0 Å². The first-order valence-electron chi connectivity index (χ1n) is 9.53. The molecule has 1 fully saturated rings. The van der Waals surface area contributed by atoms with Crippen molar-refractivity contribution in [2.75, 3.05) is 26.7 Å². The quantitative estimate of drug-likeness (QED) is 0.787. The molecule has 1 N–H and O–H groups in total. The smallest absolute Gasteiger partial charge is 0.417 e. The van der Waals surface area contributed by atoms with Crippen molar-refractivity contribution in [1.82, 2.24) is 15.1 Å². The Morgan fingerprint density at radius 3 is 2.43 bits per heavy atom. The molecule has 2 unspecified atom stereocenters. The molecule has 0 spiro atoms. The minimum atomic E-state index is -4.73. The molecule has 2 aliphatic rings. The summed E-state index contributed by atoms with van der Waals surface area (Å²) in [6.45, 7) is 4.88. The number of fused-ring (bicyclic) bond motifs is 3. The van der Waals surface area contributed by atoms with Gasteiger partial charge in [-0.1, -0.05) is 12.1 Å². The third-order valence-corrected chi connectivity index (χ3v) is 5.21. The third kappa shape index (κ3) is 4.08. The Labute approximate surface area is 172 Å². The molecule has 3 amide bonds. The van der Waals surface area contributed by atoms with E-state index < -0.39 is 59.3 Å². The van der Waals surface area contributed by atoms with Crippen LogP contribution in [-0.2, 0) is 15.7 Å². The zero-order valence-electron chi connectivity index (χ0n) is 17.2. The molecule has 0 bridgehead atoms. The fourth-order valence-electron chi connectivity index (χ4n) is 3.95. The second-order valence-corrected chi connectivity index (χ2v) is 8.43. The molecule has 2 heterocycles. The molecule has 2 atom stereocenters. The monoisotopic (exact) mass is 427 g/mol. The van der Waals surface area contributed by atoms with Crippen LogP contribution in [0, 0.1) is 0 Å². The minimum absolute atomic E-state index is 0.0675. The molecule has 1 aromatic carbocycles. The Morgan fingerprint density at radius 2 is 1.87 bits per heavy atom. The summed E-state index contributed by atoms with van der Waals surface area (Å²) >= 11 is 0. The molecule has 3 rings (SSSR count). The number of amides is 3. The topological polar surface area (TPSA) is 79.0 Å². The summed E-state index contributed by atoms with van der Waals surface area (Å²) in [7, 11) is 1.38. The fraction of sp³-hybridized carbons (Fsp3) is 0.550. The van der Waals surface area contributed by atoms with Crippen molar-refractivity contribution in [3.05, 3.63) is 34.9 Å². The highest BCUT2D eigenvalue weighted by molar-refractivity contribution is 6.01. The highest BCUT2D eigenvalue weighted by atomic mass is 19.4. The number of hydrogen-bond acceptors (Lipinski definition) is 4. The largest absolute Gasteiger partial charge is 0.444 e. The summed E-state index contributed by atoms with van der Waals surface area (Å²) in [6.07, 6.45) is -5.34. The van der Waals surface area contributed by atoms with Crippen LogP contribution in [0.3, 0.4) is 0 Å². The van der Waals surface area contributed by atoms with Crippen LogP contribution in [0.25, 0.3) is 0 Å². The Kier molecular flexibility index (Phi) is 5.46. The van der Waals surface area contributed by atoms with Gasteiger partial charge in [-0.25, -0.2) is 4.79 Å². The van der Waals surface area contributed by atoms with Crippen LogP contribution in [0.4, 0.5) is 18.0 Å². The van der Waals surface area contributed by atoms with E-state index >= 15 is 0 Å². The Hall–Kier alpha value is -2.78. The minimum Gasteiger partial charge on any atom is -0.444 e. The molecular formula is C20H24F3N3O4. The third-order valence-electron chi connectivity index (χ3n) is 5.21. The number of carbonyl (C=O) groups excluding carboxylic acids is 3. The molecule has 10 heteroatoms. The second-order valence-electron chi connectivity index (χ2n) is 8.43. The predicted octanol–water partition coefficient (Wildman–Crippen LogP) is 2.61. The van der Waals surface area contributed by atoms with Gasteiger partial charge in [0.25, 0.3) is 5.91 Å². The van der Waals surface area contributed by atoms with Crippen molar-refractivity contribution in [2.45, 2.75) is 44.5 Å². The van der Waals surface area contributed by atoms with E-state index in [4.69, 9.17) is 4.74 Å². The van der Waals surface area contributed by atoms with E-state index in [9.17, 15) is 27.6 Å². The summed E-state index contributed by atoms with van der Waals surface area (Å²) in [4.78, 5) is 40.1. The van der Waals surface area contributed by atoms with Gasteiger partial charge >= 0.3 is 12.3 Å². The number of nitrogens with one attached hydrogen (secondary N) is 1. The predicted molar refractivity (Wildman–Crippen MR) is 101 cm³/mol. The Balaban J connectivity index is 2.05. The van der Waals surface area contributed by atoms with Gasteiger partial charge in [-0.15, -0.1) is 0 Å². The van der Waals surface area contributed by atoms with E-state index in [2.05, 4.69) is 5.32 Å². The van der Waals surface area contributed by atoms with Crippen molar-refractivity contribution >= 4 is 17.9 Å². The Morgan fingerprint density at radius 1 is 1.20 bits per heavy atom. The number of likely N-dealkylation sites (N-methyl/N-ethyl adjacent to an activating group) is 1. The van der Waals surface area contributed by atoms with Crippen molar-refractivity contribution < 1.29 is 32.3 Å². The maximum absolute atomic E-state index is 13.6. The molecule has 7 nitrogen and oxygen atoms in total. The summed E-state index contributed by atoms with van der Waals surface area (Å²) in [5.74, 6) is -1.93. The number of rotatable bonds is 2. The van der Waals surface area contributed by atoms with Crippen LogP contribution in [0.2, 0.25) is 0 Å². The molecule has 0 saturated carbocycles. The lowest BCUT2D eigenvalue weighted by atomic mass is 9.82. The first kappa shape index (κ1) is 21.9. The highest BCUT2D eigenvalue weighted by Crippen LogP contribution is 2.43. The Bertz CT molecular complexity index is 879. The fourth-order valence-corrected chi connectivity index (χ4v) is 3.95. The zero-order chi connectivity index (χ0) is 22.4. The standard InChI is InChI=1S/C20H24F3N3O4/c1-19(2,3)30-18(29)25-8-12-11-6-5-7-13(20(21,22)23)16(11)17(28)26(14(12)9-25)10-15(27)24-4/h5-7,12,14H,8-10H2,1-4H3,(H,24,27). The molecule has 1 aromatic rings. The lowest BCUT2D eigenvalue weighted by Crippen LogP contribution is -2.52. The van der Waals surface area contributed by atoms with Crippen LogP contribution < -0.4 is 5.32 Å². The number of nitrogens with zero attached hydrogens (tertiary/aromatic N) is 2. The number of carbonyl (C=O) groups is 3. The first-order chi connectivity index (χ1) is 13.8. The van der Waals surface area contributed by atoms with Crippen LogP contribution in [-0.4, -0.2) is 66.0 Å². The van der Waals surface area contributed by atoms with Crippen molar-refractivity contribution in [3.63, 3.8) is 0 Å².